The van der Waals surface area contributed by atoms with Crippen LogP contribution in [0.2, 0.25) is 0 Å². The van der Waals surface area contributed by atoms with Gasteiger partial charge >= 0.3 is 12.3 Å². The fourth-order valence-corrected chi connectivity index (χ4v) is 1.72. The average Bonchev–Trinajstić information content (AvgIpc) is 2.93. The van der Waals surface area contributed by atoms with Gasteiger partial charge in [0.15, 0.2) is 0 Å². The smallest absolute Gasteiger partial charge is 0.405 e. The molecule has 0 saturated carbocycles. The molecule has 0 aliphatic carbocycles. The van der Waals surface area contributed by atoms with Crippen LogP contribution in [0.4, 0.5) is 19.1 Å². The minimum absolute atomic E-state index is 0.118. The van der Waals surface area contributed by atoms with Gasteiger partial charge in [0.1, 0.15) is 12.3 Å². The van der Waals surface area contributed by atoms with Gasteiger partial charge in [0.25, 0.3) is 0 Å². The molecule has 0 aliphatic rings. The summed E-state index contributed by atoms with van der Waals surface area (Å²) in [7, 11) is 0. The van der Waals surface area contributed by atoms with Gasteiger partial charge in [-0.3, -0.25) is 4.79 Å². The molecule has 0 atom stereocenters. The van der Waals surface area contributed by atoms with Gasteiger partial charge in [-0.05, 0) is 11.0 Å². The maximum atomic E-state index is 12.3. The molecule has 128 valence electrons. The predicted octanol–water partition coefficient (Wildman–Crippen LogP) is 1.40. The molecule has 0 unspecified atom stereocenters. The molecular formula is C12H10F3N5O4. The lowest BCUT2D eigenvalue weighted by Gasteiger charge is -2.13. The number of hydrogen-bond donors (Lipinski definition) is 1. The number of nitrogens with zero attached hydrogens (tertiary/aromatic N) is 4. The third-order valence-electron chi connectivity index (χ3n) is 2.67. The number of ether oxygens (including phenoxy) is 1. The van der Waals surface area contributed by atoms with Crippen molar-refractivity contribution in [2.24, 2.45) is 0 Å². The molecule has 1 aromatic carbocycles. The van der Waals surface area contributed by atoms with E-state index in [1.54, 1.807) is 0 Å². The van der Waals surface area contributed by atoms with Gasteiger partial charge in [-0.1, -0.05) is 23.2 Å². The molecule has 0 spiro atoms. The number of nitrogens with one attached hydrogen (secondary N) is 1. The number of benzene rings is 1. The zero-order chi connectivity index (χ0) is 17.7. The Hall–Kier alpha value is -3.18. The van der Waals surface area contributed by atoms with E-state index < -0.39 is 28.9 Å². The Morgan fingerprint density at radius 3 is 2.71 bits per heavy atom. The lowest BCUT2D eigenvalue weighted by molar-refractivity contribution is -0.394. The minimum Gasteiger partial charge on any atom is -0.405 e. The highest BCUT2D eigenvalue weighted by molar-refractivity contribution is 5.75. The van der Waals surface area contributed by atoms with Crippen LogP contribution in [0, 0.1) is 10.1 Å². The summed E-state index contributed by atoms with van der Waals surface area (Å²) in [6.45, 7) is -0.592. The molecular weight excluding hydrogens is 335 g/mol. The van der Waals surface area contributed by atoms with Crippen molar-refractivity contribution in [1.82, 2.24) is 20.1 Å². The molecule has 1 aromatic heterocycles. The van der Waals surface area contributed by atoms with Crippen LogP contribution in [-0.4, -0.2) is 32.0 Å². The summed E-state index contributed by atoms with van der Waals surface area (Å²) < 4.78 is 41.7. The quantitative estimate of drug-likeness (QED) is 0.626. The summed E-state index contributed by atoms with van der Waals surface area (Å²) in [5.74, 6) is -1.70. The highest BCUT2D eigenvalue weighted by Crippen LogP contribution is 2.26. The van der Waals surface area contributed by atoms with E-state index in [0.29, 0.717) is 0 Å². The lowest BCUT2D eigenvalue weighted by Crippen LogP contribution is -2.28. The summed E-state index contributed by atoms with van der Waals surface area (Å²) in [4.78, 5) is 24.7. The number of para-hydroxylation sites is 1. The van der Waals surface area contributed by atoms with Gasteiger partial charge in [0, 0.05) is 17.2 Å². The van der Waals surface area contributed by atoms with Crippen LogP contribution in [0.15, 0.2) is 30.6 Å². The van der Waals surface area contributed by atoms with Gasteiger partial charge in [-0.15, -0.1) is 13.2 Å². The zero-order valence-electron chi connectivity index (χ0n) is 11.9. The largest absolute Gasteiger partial charge is 0.573 e. The van der Waals surface area contributed by atoms with E-state index >= 15 is 0 Å². The number of amides is 1. The first-order valence-electron chi connectivity index (χ1n) is 6.39. The van der Waals surface area contributed by atoms with E-state index in [0.717, 1.165) is 17.1 Å². The monoisotopic (exact) mass is 345 g/mol. The molecule has 9 nitrogen and oxygen atoms in total. The first-order valence-corrected chi connectivity index (χ1v) is 6.39. The van der Waals surface area contributed by atoms with Crippen molar-refractivity contribution in [3.63, 3.8) is 0 Å². The molecule has 0 saturated heterocycles. The Labute approximate surface area is 132 Å². The van der Waals surface area contributed by atoms with E-state index in [9.17, 15) is 28.1 Å². The van der Waals surface area contributed by atoms with Gasteiger partial charge in [-0.2, -0.15) is 4.68 Å². The van der Waals surface area contributed by atoms with E-state index in [1.807, 2.05) is 0 Å². The molecule has 0 radical (unpaired) electrons. The Bertz CT molecular complexity index is 746. The van der Waals surface area contributed by atoms with Crippen molar-refractivity contribution in [3.8, 4) is 5.75 Å². The number of alkyl halides is 3. The molecule has 12 heteroatoms. The second-order valence-corrected chi connectivity index (χ2v) is 4.43. The van der Waals surface area contributed by atoms with Crippen molar-refractivity contribution in [1.29, 1.82) is 0 Å². The molecule has 2 rings (SSSR count). The molecule has 0 fully saturated rings. The van der Waals surface area contributed by atoms with Crippen LogP contribution in [0.3, 0.4) is 0 Å². The maximum Gasteiger partial charge on any atom is 0.573 e. The van der Waals surface area contributed by atoms with Gasteiger partial charge in [0.2, 0.25) is 12.2 Å². The highest BCUT2D eigenvalue weighted by atomic mass is 19.4. The zero-order valence-corrected chi connectivity index (χ0v) is 11.9. The van der Waals surface area contributed by atoms with E-state index in [2.05, 4.69) is 20.1 Å². The number of nitro groups is 1. The number of carbonyl (C=O) groups is 1. The molecule has 1 N–H and O–H groups in total. The number of aromatic nitrogens is 3. The Kier molecular flexibility index (Phi) is 4.96. The van der Waals surface area contributed by atoms with Crippen LogP contribution >= 0.6 is 0 Å². The van der Waals surface area contributed by atoms with Crippen molar-refractivity contribution in [3.05, 3.63) is 46.3 Å². The second-order valence-electron chi connectivity index (χ2n) is 4.43. The van der Waals surface area contributed by atoms with Gasteiger partial charge in [-0.25, -0.2) is 0 Å². The van der Waals surface area contributed by atoms with Gasteiger partial charge < -0.3 is 20.2 Å². The minimum atomic E-state index is -4.85. The Balaban J connectivity index is 1.95. The van der Waals surface area contributed by atoms with Crippen LogP contribution in [0.1, 0.15) is 5.56 Å². The van der Waals surface area contributed by atoms with E-state index in [-0.39, 0.29) is 18.7 Å². The molecule has 1 heterocycles. The summed E-state index contributed by atoms with van der Waals surface area (Å²) >= 11 is 0. The van der Waals surface area contributed by atoms with E-state index in [1.165, 1.54) is 18.2 Å². The third-order valence-corrected chi connectivity index (χ3v) is 2.67. The number of carbonyl (C=O) groups excluding carboxylic acids is 1. The van der Waals surface area contributed by atoms with Gasteiger partial charge in [0.05, 0.1) is 0 Å². The first-order chi connectivity index (χ1) is 11.2. The van der Waals surface area contributed by atoms with Crippen molar-refractivity contribution in [2.75, 3.05) is 0 Å². The summed E-state index contributed by atoms with van der Waals surface area (Å²) in [5, 5.41) is 16.2. The number of rotatable bonds is 6. The molecule has 1 amide bonds. The van der Waals surface area contributed by atoms with E-state index in [4.69, 9.17) is 0 Å². The van der Waals surface area contributed by atoms with Crippen molar-refractivity contribution >= 4 is 11.9 Å². The number of halogens is 3. The van der Waals surface area contributed by atoms with Crippen LogP contribution < -0.4 is 10.1 Å². The SMILES string of the molecule is O=C(Cn1cnc([N+](=O)[O-])n1)NCc1ccccc1OC(F)(F)F. The second kappa shape index (κ2) is 6.93. The highest BCUT2D eigenvalue weighted by Gasteiger charge is 2.32. The standard InChI is InChI=1S/C12H10F3N5O4/c13-12(14,15)24-9-4-2-1-3-8(9)5-16-10(21)6-19-7-17-11(18-19)20(22)23/h1-4,7H,5-6H2,(H,16,21). The molecule has 24 heavy (non-hydrogen) atoms. The van der Waals surface area contributed by atoms with Crippen molar-refractivity contribution in [2.45, 2.75) is 19.5 Å². The lowest BCUT2D eigenvalue weighted by atomic mass is 10.2. The topological polar surface area (TPSA) is 112 Å². The maximum absolute atomic E-state index is 12.3. The van der Waals surface area contributed by atoms with Crippen LogP contribution in [0.25, 0.3) is 0 Å². The molecule has 0 aliphatic heterocycles. The normalized spacial score (nSPS) is 11.1. The molecule has 2 aromatic rings. The van der Waals surface area contributed by atoms with Crippen molar-refractivity contribution < 1.29 is 27.6 Å². The first kappa shape index (κ1) is 17.2. The fraction of sp³-hybridized carbons (Fsp3) is 0.250. The fourth-order valence-electron chi connectivity index (χ4n) is 1.72. The third kappa shape index (κ3) is 4.93. The van der Waals surface area contributed by atoms with Crippen LogP contribution in [0.5, 0.6) is 5.75 Å². The summed E-state index contributed by atoms with van der Waals surface area (Å²) in [6, 6.07) is 5.34. The number of hydrogen-bond acceptors (Lipinski definition) is 6. The average molecular weight is 345 g/mol. The Morgan fingerprint density at radius 1 is 1.38 bits per heavy atom. The summed E-state index contributed by atoms with van der Waals surface area (Å²) in [5.41, 5.74) is 0.118. The van der Waals surface area contributed by atoms with Crippen LogP contribution in [-0.2, 0) is 17.9 Å². The Morgan fingerprint density at radius 2 is 2.08 bits per heavy atom. The molecule has 0 bridgehead atoms. The summed E-state index contributed by atoms with van der Waals surface area (Å²) in [6.07, 6.45) is -3.85. The predicted molar refractivity (Wildman–Crippen MR) is 71.6 cm³/mol.